The molecule has 0 aliphatic heterocycles. The fourth-order valence-corrected chi connectivity index (χ4v) is 4.05. The number of hydrogen-bond acceptors (Lipinski definition) is 3. The molecule has 2 fully saturated rings. The van der Waals surface area contributed by atoms with Gasteiger partial charge in [0.2, 0.25) is 5.91 Å². The van der Waals surface area contributed by atoms with Crippen LogP contribution in [-0.4, -0.2) is 63.7 Å². The summed E-state index contributed by atoms with van der Waals surface area (Å²) in [5.74, 6) is 1.01. The van der Waals surface area contributed by atoms with Crippen molar-refractivity contribution < 1.29 is 9.53 Å². The standard InChI is InChI=1S/C19H36N4O2.HI/c1-20-18(21-13-8-14-25-16-9-4-5-10-16)22-15-19(11-6-7-12-19)17(24)23(2)3;/h16H,4-15H2,1-3H3,(H2,20,21,22);1H. The van der Waals surface area contributed by atoms with E-state index in [1.165, 1.54) is 25.7 Å². The summed E-state index contributed by atoms with van der Waals surface area (Å²) in [6.07, 6.45) is 10.7. The van der Waals surface area contributed by atoms with E-state index >= 15 is 0 Å². The van der Waals surface area contributed by atoms with Gasteiger partial charge < -0.3 is 20.3 Å². The van der Waals surface area contributed by atoms with Gasteiger partial charge in [-0.3, -0.25) is 9.79 Å². The zero-order chi connectivity index (χ0) is 18.1. The molecule has 0 saturated heterocycles. The zero-order valence-electron chi connectivity index (χ0n) is 16.7. The van der Waals surface area contributed by atoms with Gasteiger partial charge in [-0.25, -0.2) is 0 Å². The van der Waals surface area contributed by atoms with Crippen LogP contribution in [0.25, 0.3) is 0 Å². The minimum Gasteiger partial charge on any atom is -0.378 e. The molecule has 0 spiro atoms. The molecule has 2 aliphatic carbocycles. The van der Waals surface area contributed by atoms with Crippen LogP contribution in [0.4, 0.5) is 0 Å². The lowest BCUT2D eigenvalue weighted by Crippen LogP contribution is -2.49. The molecule has 6 nitrogen and oxygen atoms in total. The number of carbonyl (C=O) groups is 1. The molecule has 0 bridgehead atoms. The van der Waals surface area contributed by atoms with Gasteiger partial charge in [0.25, 0.3) is 0 Å². The largest absolute Gasteiger partial charge is 0.378 e. The molecule has 0 aromatic carbocycles. The van der Waals surface area contributed by atoms with Gasteiger partial charge in [-0.2, -0.15) is 0 Å². The Morgan fingerprint density at radius 3 is 2.38 bits per heavy atom. The van der Waals surface area contributed by atoms with E-state index in [9.17, 15) is 4.79 Å². The van der Waals surface area contributed by atoms with E-state index < -0.39 is 0 Å². The highest BCUT2D eigenvalue weighted by molar-refractivity contribution is 14.0. The lowest BCUT2D eigenvalue weighted by atomic mass is 9.84. The van der Waals surface area contributed by atoms with Gasteiger partial charge in [0.05, 0.1) is 11.5 Å². The molecule has 1 amide bonds. The normalized spacial score (nSPS) is 19.9. The van der Waals surface area contributed by atoms with Crippen LogP contribution in [-0.2, 0) is 9.53 Å². The SMILES string of the molecule is CN=C(NCCCOC1CCCC1)NCC1(C(=O)N(C)C)CCCC1.I. The molecular weight excluding hydrogens is 443 g/mol. The fourth-order valence-electron chi connectivity index (χ4n) is 4.05. The van der Waals surface area contributed by atoms with Crippen molar-refractivity contribution in [3.63, 3.8) is 0 Å². The average Bonchev–Trinajstić information content (AvgIpc) is 3.29. The van der Waals surface area contributed by atoms with E-state index in [4.69, 9.17) is 4.74 Å². The zero-order valence-corrected chi connectivity index (χ0v) is 19.0. The predicted molar refractivity (Wildman–Crippen MR) is 117 cm³/mol. The van der Waals surface area contributed by atoms with Gasteiger partial charge in [0.1, 0.15) is 0 Å². The lowest BCUT2D eigenvalue weighted by Gasteiger charge is -2.31. The van der Waals surface area contributed by atoms with E-state index in [0.29, 0.717) is 12.6 Å². The molecule has 0 unspecified atom stereocenters. The van der Waals surface area contributed by atoms with Crippen LogP contribution < -0.4 is 10.6 Å². The van der Waals surface area contributed by atoms with Crippen LogP contribution in [0.2, 0.25) is 0 Å². The van der Waals surface area contributed by atoms with Crippen LogP contribution in [0, 0.1) is 5.41 Å². The number of nitrogens with one attached hydrogen (secondary N) is 2. The number of guanidine groups is 1. The molecule has 152 valence electrons. The summed E-state index contributed by atoms with van der Waals surface area (Å²) in [6.45, 7) is 2.29. The summed E-state index contributed by atoms with van der Waals surface area (Å²) in [4.78, 5) is 18.6. The lowest BCUT2D eigenvalue weighted by molar-refractivity contribution is -0.138. The van der Waals surface area contributed by atoms with E-state index in [0.717, 1.165) is 51.2 Å². The molecule has 7 heteroatoms. The third kappa shape index (κ3) is 6.87. The molecule has 2 rings (SSSR count). The highest BCUT2D eigenvalue weighted by atomic mass is 127. The summed E-state index contributed by atoms with van der Waals surface area (Å²) in [6, 6.07) is 0. The van der Waals surface area contributed by atoms with Crippen molar-refractivity contribution in [2.75, 3.05) is 40.8 Å². The number of halogens is 1. The third-order valence-corrected chi connectivity index (χ3v) is 5.51. The first-order valence-electron chi connectivity index (χ1n) is 9.85. The summed E-state index contributed by atoms with van der Waals surface area (Å²) < 4.78 is 5.88. The molecule has 2 aliphatic rings. The summed E-state index contributed by atoms with van der Waals surface area (Å²) in [5, 5.41) is 6.71. The molecule has 0 aromatic heterocycles. The van der Waals surface area contributed by atoms with Crippen LogP contribution >= 0.6 is 24.0 Å². The predicted octanol–water partition coefficient (Wildman–Crippen LogP) is 2.77. The first-order valence-corrected chi connectivity index (χ1v) is 9.85. The minimum absolute atomic E-state index is 0. The van der Waals surface area contributed by atoms with Gasteiger partial charge in [-0.1, -0.05) is 25.7 Å². The van der Waals surface area contributed by atoms with E-state index in [1.807, 2.05) is 14.1 Å². The Morgan fingerprint density at radius 2 is 1.81 bits per heavy atom. The monoisotopic (exact) mass is 480 g/mol. The number of amides is 1. The Bertz CT molecular complexity index is 445. The summed E-state index contributed by atoms with van der Waals surface area (Å²) in [5.41, 5.74) is -0.271. The second kappa shape index (κ2) is 12.0. The fraction of sp³-hybridized carbons (Fsp3) is 0.895. The number of ether oxygens (including phenoxy) is 1. The molecular formula is C19H37IN4O2. The van der Waals surface area contributed by atoms with Crippen molar-refractivity contribution in [3.05, 3.63) is 0 Å². The van der Waals surface area contributed by atoms with Crippen molar-refractivity contribution in [2.45, 2.75) is 63.9 Å². The molecule has 2 N–H and O–H groups in total. The smallest absolute Gasteiger partial charge is 0.230 e. The van der Waals surface area contributed by atoms with E-state index in [-0.39, 0.29) is 35.3 Å². The number of nitrogens with zero attached hydrogens (tertiary/aromatic N) is 2. The summed E-state index contributed by atoms with van der Waals surface area (Å²) in [7, 11) is 5.47. The third-order valence-electron chi connectivity index (χ3n) is 5.51. The second-order valence-corrected chi connectivity index (χ2v) is 7.67. The van der Waals surface area contributed by atoms with Crippen molar-refractivity contribution in [2.24, 2.45) is 10.4 Å². The van der Waals surface area contributed by atoms with Crippen LogP contribution in [0.5, 0.6) is 0 Å². The van der Waals surface area contributed by atoms with E-state index in [2.05, 4.69) is 15.6 Å². The Hall–Kier alpha value is -0.570. The number of hydrogen-bond donors (Lipinski definition) is 2. The van der Waals surface area contributed by atoms with E-state index in [1.54, 1.807) is 11.9 Å². The molecule has 2 saturated carbocycles. The van der Waals surface area contributed by atoms with Crippen molar-refractivity contribution in [1.82, 2.24) is 15.5 Å². The minimum atomic E-state index is -0.271. The van der Waals surface area contributed by atoms with Crippen LogP contribution in [0.1, 0.15) is 57.8 Å². The van der Waals surface area contributed by atoms with Gasteiger partial charge >= 0.3 is 0 Å². The maximum Gasteiger partial charge on any atom is 0.230 e. The number of aliphatic imine (C=N–C) groups is 1. The maximum atomic E-state index is 12.6. The average molecular weight is 480 g/mol. The number of rotatable bonds is 8. The Balaban J connectivity index is 0.00000338. The van der Waals surface area contributed by atoms with Gasteiger partial charge in [0.15, 0.2) is 5.96 Å². The number of carbonyl (C=O) groups excluding carboxylic acids is 1. The van der Waals surface area contributed by atoms with Gasteiger partial charge in [-0.05, 0) is 32.1 Å². The van der Waals surface area contributed by atoms with Gasteiger partial charge in [-0.15, -0.1) is 24.0 Å². The van der Waals surface area contributed by atoms with Crippen molar-refractivity contribution in [3.8, 4) is 0 Å². The Morgan fingerprint density at radius 1 is 1.15 bits per heavy atom. The summed E-state index contributed by atoms with van der Waals surface area (Å²) >= 11 is 0. The molecule has 26 heavy (non-hydrogen) atoms. The highest BCUT2D eigenvalue weighted by Gasteiger charge is 2.42. The Labute approximate surface area is 175 Å². The highest BCUT2D eigenvalue weighted by Crippen LogP contribution is 2.38. The topological polar surface area (TPSA) is 66.0 Å². The van der Waals surface area contributed by atoms with Gasteiger partial charge in [0, 0.05) is 40.8 Å². The van der Waals surface area contributed by atoms with Crippen molar-refractivity contribution in [1.29, 1.82) is 0 Å². The first kappa shape index (κ1) is 23.5. The van der Waals surface area contributed by atoms with Crippen LogP contribution in [0.3, 0.4) is 0 Å². The second-order valence-electron chi connectivity index (χ2n) is 7.67. The maximum absolute atomic E-state index is 12.6. The molecule has 0 atom stereocenters. The van der Waals surface area contributed by atoms with Crippen LogP contribution in [0.15, 0.2) is 4.99 Å². The Kier molecular flexibility index (Phi) is 10.8. The quantitative estimate of drug-likeness (QED) is 0.243. The molecule has 0 heterocycles. The molecule has 0 aromatic rings. The van der Waals surface area contributed by atoms with Crippen molar-refractivity contribution >= 4 is 35.8 Å². The first-order chi connectivity index (χ1) is 12.1. The molecule has 0 radical (unpaired) electrons.